The highest BCUT2D eigenvalue weighted by Gasteiger charge is 2.47. The van der Waals surface area contributed by atoms with E-state index >= 15 is 4.79 Å². The number of hydrogen-bond acceptors (Lipinski definition) is 17. The second kappa shape index (κ2) is 43.5. The average molecular weight is 1690 g/mol. The predicted molar refractivity (Wildman–Crippen MR) is 463 cm³/mol. The van der Waals surface area contributed by atoms with E-state index in [1.54, 1.807) is 90.0 Å². The number of fused-ring (bicyclic) bond motifs is 3. The Morgan fingerprint density at radius 3 is 1.40 bits per heavy atom. The van der Waals surface area contributed by atoms with Crippen molar-refractivity contribution in [2.45, 2.75) is 257 Å². The second-order valence-corrected chi connectivity index (χ2v) is 36.1. The van der Waals surface area contributed by atoms with Gasteiger partial charge in [0.15, 0.2) is 0 Å². The smallest absolute Gasteiger partial charge is 0.407 e. The molecule has 0 bridgehead atoms. The van der Waals surface area contributed by atoms with Crippen molar-refractivity contribution in [1.29, 1.82) is 0 Å². The highest BCUT2D eigenvalue weighted by atomic mass is 32.2. The SMILES string of the molecule is CC[C@H](C)[C@H](NC(=O)[C@@H]1CCCN1C(=O)[C@@H]1CCCN1C(=O)[C@@H](NC(=O)[C@H](COC(C)(C)C)NC(=O)[C@H](C)NC(=O)[C@@H](NC(=O)[C@H](COC(C)(C)C)NC(=O)[C@@H](NC(=O)CNC(=O)[C@H](CSC(c1ccccc1)(c1ccccc1)c1ccccc1)NC(=O)OCC1c2ccccc2-c2ccccc21)[C@@H](C)CC)[C@@H](C)OC(C)(C)C)[C@@H](C)CC)C(=O)O. The number of carbonyl (C=O) groups excluding carboxylic acids is 11. The third-order valence-electron chi connectivity index (χ3n) is 22.4. The van der Waals surface area contributed by atoms with Gasteiger partial charge in [0.2, 0.25) is 59.1 Å². The van der Waals surface area contributed by atoms with Crippen LogP contribution in [0, 0.1) is 17.8 Å². The molecule has 658 valence electrons. The molecule has 14 atom stereocenters. The van der Waals surface area contributed by atoms with Gasteiger partial charge >= 0.3 is 12.1 Å². The molecule has 1 aliphatic carbocycles. The molecule has 3 aliphatic rings. The lowest BCUT2D eigenvalue weighted by Crippen LogP contribution is -2.63. The van der Waals surface area contributed by atoms with Gasteiger partial charge in [0.1, 0.15) is 67.0 Å². The minimum Gasteiger partial charge on any atom is -0.480 e. The van der Waals surface area contributed by atoms with Crippen molar-refractivity contribution in [3.8, 4) is 11.1 Å². The number of carbonyl (C=O) groups is 12. The molecule has 28 nitrogen and oxygen atoms in total. The third-order valence-corrected chi connectivity index (χ3v) is 24.0. The Hall–Kier alpha value is -10.2. The van der Waals surface area contributed by atoms with Crippen LogP contribution < -0.4 is 47.9 Å². The first-order valence-corrected chi connectivity index (χ1v) is 43.3. The zero-order chi connectivity index (χ0) is 88.8. The summed E-state index contributed by atoms with van der Waals surface area (Å²) in [6.07, 6.45) is 0.695. The van der Waals surface area contributed by atoms with E-state index in [1.807, 2.05) is 153 Å². The summed E-state index contributed by atoms with van der Waals surface area (Å²) in [5.74, 6) is -10.5. The van der Waals surface area contributed by atoms with Crippen LogP contribution in [0.25, 0.3) is 11.1 Å². The summed E-state index contributed by atoms with van der Waals surface area (Å²) >= 11 is 1.41. The van der Waals surface area contributed by atoms with Crippen molar-refractivity contribution in [2.75, 3.05) is 45.2 Å². The highest BCUT2D eigenvalue weighted by molar-refractivity contribution is 8.00. The van der Waals surface area contributed by atoms with E-state index in [0.717, 1.165) is 38.9 Å². The molecule has 5 aromatic rings. The summed E-state index contributed by atoms with van der Waals surface area (Å²) in [5, 5.41) is 34.6. The normalized spacial score (nSPS) is 17.8. The molecule has 0 radical (unpaired) electrons. The van der Waals surface area contributed by atoms with Crippen LogP contribution in [0.3, 0.4) is 0 Å². The summed E-state index contributed by atoms with van der Waals surface area (Å²) in [7, 11) is 0. The Morgan fingerprint density at radius 1 is 0.463 bits per heavy atom. The first-order valence-electron chi connectivity index (χ1n) is 42.3. The number of benzene rings is 5. The summed E-state index contributed by atoms with van der Waals surface area (Å²) < 4.78 is 23.6. The van der Waals surface area contributed by atoms with E-state index in [4.69, 9.17) is 18.9 Å². The van der Waals surface area contributed by atoms with Crippen molar-refractivity contribution in [3.63, 3.8) is 0 Å². The van der Waals surface area contributed by atoms with Gasteiger partial charge in [0.25, 0.3) is 0 Å². The highest BCUT2D eigenvalue weighted by Crippen LogP contribution is 2.49. The molecule has 2 aliphatic heterocycles. The first kappa shape index (κ1) is 96.2. The molecule has 2 saturated heterocycles. The van der Waals surface area contributed by atoms with Gasteiger partial charge in [-0.1, -0.05) is 200 Å². The molecule has 2 fully saturated rings. The van der Waals surface area contributed by atoms with Crippen molar-refractivity contribution >= 4 is 82.9 Å². The number of rotatable bonds is 40. The van der Waals surface area contributed by atoms with Crippen LogP contribution in [0.1, 0.15) is 196 Å². The molecule has 0 aromatic heterocycles. The van der Waals surface area contributed by atoms with Crippen LogP contribution in [0.15, 0.2) is 140 Å². The van der Waals surface area contributed by atoms with Gasteiger partial charge in [-0.25, -0.2) is 9.59 Å². The largest absolute Gasteiger partial charge is 0.480 e. The van der Waals surface area contributed by atoms with Gasteiger partial charge in [-0.2, -0.15) is 0 Å². The zero-order valence-corrected chi connectivity index (χ0v) is 73.9. The minimum absolute atomic E-state index is 0.0479. The lowest BCUT2D eigenvalue weighted by atomic mass is 9.84. The summed E-state index contributed by atoms with van der Waals surface area (Å²) in [4.78, 5) is 176. The van der Waals surface area contributed by atoms with E-state index in [2.05, 4.69) is 47.9 Å². The summed E-state index contributed by atoms with van der Waals surface area (Å²) in [5.41, 5.74) is 4.05. The number of ether oxygens (including phenoxy) is 4. The molecule has 10 N–H and O–H groups in total. The Morgan fingerprint density at radius 2 is 0.909 bits per heavy atom. The summed E-state index contributed by atoms with van der Waals surface area (Å²) in [6, 6.07) is 32.2. The van der Waals surface area contributed by atoms with E-state index in [-0.39, 0.29) is 43.7 Å². The van der Waals surface area contributed by atoms with E-state index in [9.17, 15) is 57.8 Å². The van der Waals surface area contributed by atoms with Crippen molar-refractivity contribution in [1.82, 2.24) is 57.7 Å². The van der Waals surface area contributed by atoms with Gasteiger partial charge in [0, 0.05) is 24.8 Å². The molecule has 0 spiro atoms. The molecule has 2 heterocycles. The molecule has 5 aromatic carbocycles. The van der Waals surface area contributed by atoms with Crippen LogP contribution in [0.5, 0.6) is 0 Å². The monoisotopic (exact) mass is 1690 g/mol. The van der Waals surface area contributed by atoms with Crippen molar-refractivity contribution in [2.24, 2.45) is 17.8 Å². The maximum Gasteiger partial charge on any atom is 0.407 e. The number of thioether (sulfide) groups is 1. The van der Waals surface area contributed by atoms with E-state index in [0.29, 0.717) is 38.5 Å². The fourth-order valence-corrected chi connectivity index (χ4v) is 16.8. The van der Waals surface area contributed by atoms with Crippen LogP contribution in [-0.2, 0) is 76.4 Å². The molecule has 11 amide bonds. The number of nitrogens with zero attached hydrogens (tertiary/aromatic N) is 2. The maximum absolute atomic E-state index is 15.0. The molecule has 29 heteroatoms. The molecule has 0 saturated carbocycles. The Balaban J connectivity index is 0.972. The van der Waals surface area contributed by atoms with Gasteiger partial charge in [-0.3, -0.25) is 47.9 Å². The van der Waals surface area contributed by atoms with Crippen LogP contribution in [0.4, 0.5) is 4.79 Å². The van der Waals surface area contributed by atoms with Gasteiger partial charge < -0.3 is 81.7 Å². The fraction of sp³-hybridized carbons (Fsp3) is 0.543. The topological polar surface area (TPSA) is 377 Å². The standard InChI is InChI=1S/C92H127N11O17S/c1-18-55(4)74(98-73(104)50-93-79(106)70(97-88(116)117-51-67-65-44-32-30-42-63(65)64-43-31-33-45-66(64)67)54-121-92(60-36-24-21-25-37-60,61-38-26-22-27-39-61)62-40-28-23-29-41-62)83(110)96-69(53-119-90(12,13)14)81(108)101-77(59(8)120-91(15,16)17)84(111)94-58(7)78(105)95-68(52-118-89(9,10)11)80(107)99-75(56(5)19-2)86(113)103-49-35-47-72(103)85(112)102-48-34-46-71(102)82(109)100-76(87(114)115)57(6)20-3/h21-33,36-45,55-59,67-72,74-77H,18-20,34-35,46-54H2,1-17H3,(H,93,106)(H,94,111)(H,95,105)(H,96,110)(H,97,116)(H,98,104)(H,99,107)(H,100,109)(H,101,108)(H,114,115)/t55-,56-,57-,58-,59+,68-,69-,70-,71-,72-,74-,75-,76-,77-/m0/s1. The van der Waals surface area contributed by atoms with Gasteiger partial charge in [-0.15, -0.1) is 11.8 Å². The second-order valence-electron chi connectivity index (χ2n) is 34.8. The number of amides is 11. The molecule has 121 heavy (non-hydrogen) atoms. The number of alkyl carbamates (subject to hydrolysis) is 1. The quantitative estimate of drug-likeness (QED) is 0.0163. The fourth-order valence-electron chi connectivity index (χ4n) is 15.2. The maximum atomic E-state index is 15.0. The van der Waals surface area contributed by atoms with E-state index in [1.165, 1.54) is 35.4 Å². The molecule has 0 unspecified atom stereocenters. The first-order chi connectivity index (χ1) is 57.2. The third kappa shape index (κ3) is 26.2. The van der Waals surface area contributed by atoms with E-state index < -0.39 is 191 Å². The Bertz CT molecular complexity index is 4240. The van der Waals surface area contributed by atoms with Gasteiger partial charge in [-0.05, 0) is 159 Å². The number of aliphatic carboxylic acids is 1. The average Bonchev–Trinajstić information content (AvgIpc) is 1.63. The van der Waals surface area contributed by atoms with Gasteiger partial charge in [0.05, 0.1) is 47.4 Å². The van der Waals surface area contributed by atoms with Crippen molar-refractivity contribution < 1.29 is 81.6 Å². The molecule has 8 rings (SSSR count). The predicted octanol–water partition coefficient (Wildman–Crippen LogP) is 9.19. The molecular formula is C92H127N11O17S. The lowest BCUT2D eigenvalue weighted by molar-refractivity contribution is -0.149. The Kier molecular flexibility index (Phi) is 34.6. The van der Waals surface area contributed by atoms with Crippen molar-refractivity contribution in [3.05, 3.63) is 167 Å². The summed E-state index contributed by atoms with van der Waals surface area (Å²) in [6.45, 7) is 28.0. The Labute approximate surface area is 716 Å². The zero-order valence-electron chi connectivity index (χ0n) is 73.1. The van der Waals surface area contributed by atoms with Crippen LogP contribution >= 0.6 is 11.8 Å². The van der Waals surface area contributed by atoms with Crippen LogP contribution in [0.2, 0.25) is 0 Å². The lowest BCUT2D eigenvalue weighted by Gasteiger charge is -2.36. The number of carboxylic acid groups (broad SMARTS) is 1. The number of likely N-dealkylation sites (tertiary alicyclic amines) is 2. The minimum atomic E-state index is -1.59. The van der Waals surface area contributed by atoms with Crippen LogP contribution in [-0.4, -0.2) is 215 Å². The number of carboxylic acids is 1. The number of hydrogen-bond donors (Lipinski definition) is 10. The number of nitrogens with one attached hydrogen (secondary N) is 9. The molecular weight excluding hydrogens is 1560 g/mol.